The molecule has 2 saturated heterocycles. The van der Waals surface area contributed by atoms with Gasteiger partial charge in [0.05, 0.1) is 6.07 Å². The van der Waals surface area contributed by atoms with Gasteiger partial charge in [-0.15, -0.1) is 0 Å². The summed E-state index contributed by atoms with van der Waals surface area (Å²) in [6.07, 6.45) is 0.554. The number of hydrogen-bond acceptors (Lipinski definition) is 4. The first-order valence-electron chi connectivity index (χ1n) is 7.43. The summed E-state index contributed by atoms with van der Waals surface area (Å²) >= 11 is 0. The van der Waals surface area contributed by atoms with E-state index in [1.54, 1.807) is 9.80 Å². The fraction of sp³-hybridized carbons (Fsp3) is 0.800. The number of ether oxygens (including phenoxy) is 1. The first-order chi connectivity index (χ1) is 9.80. The van der Waals surface area contributed by atoms with E-state index in [4.69, 9.17) is 10.00 Å². The molecular formula is C15H23N3O3. The predicted molar refractivity (Wildman–Crippen MR) is 76.2 cm³/mol. The molecule has 0 spiro atoms. The van der Waals surface area contributed by atoms with E-state index >= 15 is 0 Å². The molecule has 2 fully saturated rings. The molecule has 0 saturated carbocycles. The second-order valence-electron chi connectivity index (χ2n) is 6.87. The lowest BCUT2D eigenvalue weighted by Crippen LogP contribution is -2.45. The van der Waals surface area contributed by atoms with E-state index in [2.05, 4.69) is 0 Å². The summed E-state index contributed by atoms with van der Waals surface area (Å²) in [5.74, 6) is 0.635. The Labute approximate surface area is 125 Å². The normalized spacial score (nSPS) is 25.2. The van der Waals surface area contributed by atoms with Crippen LogP contribution in [0, 0.1) is 23.2 Å². The Morgan fingerprint density at radius 1 is 1.19 bits per heavy atom. The molecule has 2 amide bonds. The molecule has 0 aromatic rings. The van der Waals surface area contributed by atoms with E-state index in [-0.39, 0.29) is 18.4 Å². The van der Waals surface area contributed by atoms with Crippen LogP contribution in [0.2, 0.25) is 0 Å². The van der Waals surface area contributed by atoms with Crippen LogP contribution in [-0.4, -0.2) is 53.6 Å². The van der Waals surface area contributed by atoms with Crippen molar-refractivity contribution in [1.82, 2.24) is 9.80 Å². The van der Waals surface area contributed by atoms with Gasteiger partial charge in [0.15, 0.2) is 0 Å². The molecule has 2 rings (SSSR count). The van der Waals surface area contributed by atoms with Crippen LogP contribution in [0.1, 0.15) is 33.6 Å². The van der Waals surface area contributed by atoms with Crippen molar-refractivity contribution in [2.75, 3.05) is 26.2 Å². The second-order valence-corrected chi connectivity index (χ2v) is 6.87. The Kier molecular flexibility index (Phi) is 4.40. The van der Waals surface area contributed by atoms with E-state index in [1.165, 1.54) is 0 Å². The number of piperidine rings is 1. The molecule has 2 heterocycles. The number of rotatable bonds is 1. The van der Waals surface area contributed by atoms with Crippen molar-refractivity contribution in [1.29, 1.82) is 5.26 Å². The van der Waals surface area contributed by atoms with Gasteiger partial charge in [-0.05, 0) is 39.0 Å². The van der Waals surface area contributed by atoms with Gasteiger partial charge in [-0.3, -0.25) is 4.79 Å². The van der Waals surface area contributed by atoms with E-state index in [0.29, 0.717) is 38.0 Å². The molecule has 0 aromatic carbocycles. The summed E-state index contributed by atoms with van der Waals surface area (Å²) in [6, 6.07) is 1.90. The zero-order valence-corrected chi connectivity index (χ0v) is 13.0. The van der Waals surface area contributed by atoms with Gasteiger partial charge in [0.2, 0.25) is 5.91 Å². The Morgan fingerprint density at radius 2 is 1.81 bits per heavy atom. The van der Waals surface area contributed by atoms with Crippen LogP contribution in [0.5, 0.6) is 0 Å². The molecule has 0 unspecified atom stereocenters. The van der Waals surface area contributed by atoms with E-state index in [9.17, 15) is 9.59 Å². The number of carbonyl (C=O) groups excluding carboxylic acids is 2. The van der Waals surface area contributed by atoms with Crippen molar-refractivity contribution >= 4 is 12.0 Å². The molecule has 0 aliphatic carbocycles. The quantitative estimate of drug-likeness (QED) is 0.736. The first-order valence-corrected chi connectivity index (χ1v) is 7.43. The Balaban J connectivity index is 1.91. The zero-order chi connectivity index (χ0) is 15.6. The lowest BCUT2D eigenvalue weighted by atomic mass is 9.89. The van der Waals surface area contributed by atoms with Crippen LogP contribution >= 0.6 is 0 Å². The average molecular weight is 293 g/mol. The van der Waals surface area contributed by atoms with E-state index in [1.807, 2.05) is 26.8 Å². The van der Waals surface area contributed by atoms with Crippen molar-refractivity contribution in [2.24, 2.45) is 11.8 Å². The van der Waals surface area contributed by atoms with Crippen molar-refractivity contribution < 1.29 is 14.3 Å². The van der Waals surface area contributed by atoms with Gasteiger partial charge in [-0.25, -0.2) is 4.79 Å². The second kappa shape index (κ2) is 5.92. The topological polar surface area (TPSA) is 73.6 Å². The number of nitrogens with zero attached hydrogens (tertiary/aromatic N) is 3. The van der Waals surface area contributed by atoms with Crippen LogP contribution in [0.15, 0.2) is 0 Å². The Hall–Kier alpha value is -1.77. The number of fused-ring (bicyclic) bond motifs is 1. The summed E-state index contributed by atoms with van der Waals surface area (Å²) < 4.78 is 5.40. The Bertz CT molecular complexity index is 464. The van der Waals surface area contributed by atoms with Crippen LogP contribution in [0.25, 0.3) is 0 Å². The highest BCUT2D eigenvalue weighted by Crippen LogP contribution is 2.32. The third-order valence-electron chi connectivity index (χ3n) is 4.04. The maximum Gasteiger partial charge on any atom is 0.410 e. The minimum absolute atomic E-state index is 0.0603. The summed E-state index contributed by atoms with van der Waals surface area (Å²) in [6.45, 7) is 8.24. The highest BCUT2D eigenvalue weighted by atomic mass is 16.6. The number of carbonyl (C=O) groups is 2. The lowest BCUT2D eigenvalue weighted by Gasteiger charge is -2.35. The molecule has 116 valence electrons. The van der Waals surface area contributed by atoms with Crippen LogP contribution < -0.4 is 0 Å². The number of nitriles is 1. The third kappa shape index (κ3) is 3.87. The largest absolute Gasteiger partial charge is 0.444 e. The molecule has 6 heteroatoms. The minimum atomic E-state index is -0.488. The standard InChI is InChI=1S/C15H23N3O3/c1-15(2,3)21-14(20)17-7-5-11-8-18(10-12(11)9-17)13(19)4-6-16/h11-12H,4-5,7-10H2,1-3H3/t11-,12-/m0/s1. The molecule has 2 aliphatic heterocycles. The van der Waals surface area contributed by atoms with Gasteiger partial charge < -0.3 is 14.5 Å². The maximum absolute atomic E-state index is 12.1. The van der Waals surface area contributed by atoms with Gasteiger partial charge in [0, 0.05) is 26.2 Å². The van der Waals surface area contributed by atoms with Crippen molar-refractivity contribution in [2.45, 2.75) is 39.2 Å². The summed E-state index contributed by atoms with van der Waals surface area (Å²) in [5, 5.41) is 8.61. The van der Waals surface area contributed by atoms with Gasteiger partial charge in [-0.1, -0.05) is 0 Å². The molecule has 21 heavy (non-hydrogen) atoms. The van der Waals surface area contributed by atoms with Crippen molar-refractivity contribution in [3.05, 3.63) is 0 Å². The molecule has 0 N–H and O–H groups in total. The van der Waals surface area contributed by atoms with Gasteiger partial charge >= 0.3 is 6.09 Å². The zero-order valence-electron chi connectivity index (χ0n) is 13.0. The third-order valence-corrected chi connectivity index (χ3v) is 4.04. The lowest BCUT2D eigenvalue weighted by molar-refractivity contribution is -0.129. The van der Waals surface area contributed by atoms with Crippen molar-refractivity contribution in [3.63, 3.8) is 0 Å². The summed E-state index contributed by atoms with van der Waals surface area (Å²) in [7, 11) is 0. The van der Waals surface area contributed by atoms with Crippen LogP contribution in [0.3, 0.4) is 0 Å². The number of hydrogen-bond donors (Lipinski definition) is 0. The smallest absolute Gasteiger partial charge is 0.410 e. The molecule has 0 aromatic heterocycles. The van der Waals surface area contributed by atoms with Crippen LogP contribution in [0.4, 0.5) is 4.79 Å². The SMILES string of the molecule is CC(C)(C)OC(=O)N1CC[C@H]2CN(C(=O)CC#N)C[C@@H]2C1. The molecule has 2 aliphatic rings. The fourth-order valence-electron chi connectivity index (χ4n) is 3.04. The summed E-state index contributed by atoms with van der Waals surface area (Å²) in [5.41, 5.74) is -0.488. The fourth-order valence-corrected chi connectivity index (χ4v) is 3.04. The molecule has 6 nitrogen and oxygen atoms in total. The minimum Gasteiger partial charge on any atom is -0.444 e. The predicted octanol–water partition coefficient (Wildman–Crippen LogP) is 1.62. The highest BCUT2D eigenvalue weighted by Gasteiger charge is 2.40. The van der Waals surface area contributed by atoms with E-state index < -0.39 is 5.60 Å². The van der Waals surface area contributed by atoms with Crippen molar-refractivity contribution in [3.8, 4) is 6.07 Å². The van der Waals surface area contributed by atoms with E-state index in [0.717, 1.165) is 6.42 Å². The van der Waals surface area contributed by atoms with Crippen LogP contribution in [-0.2, 0) is 9.53 Å². The summed E-state index contributed by atoms with van der Waals surface area (Å²) in [4.78, 5) is 27.4. The maximum atomic E-state index is 12.1. The molecule has 0 radical (unpaired) electrons. The molecule has 2 atom stereocenters. The monoisotopic (exact) mass is 293 g/mol. The molecular weight excluding hydrogens is 270 g/mol. The number of amides is 2. The molecule has 0 bridgehead atoms. The van der Waals surface area contributed by atoms with Gasteiger partial charge in [0.25, 0.3) is 0 Å². The average Bonchev–Trinajstić information content (AvgIpc) is 2.79. The Morgan fingerprint density at radius 3 is 2.43 bits per heavy atom. The van der Waals surface area contributed by atoms with Gasteiger partial charge in [0.1, 0.15) is 12.0 Å². The highest BCUT2D eigenvalue weighted by molar-refractivity contribution is 5.78. The van der Waals surface area contributed by atoms with Gasteiger partial charge in [-0.2, -0.15) is 5.26 Å². The number of likely N-dealkylation sites (tertiary alicyclic amines) is 2. The first kappa shape index (κ1) is 15.6.